The van der Waals surface area contributed by atoms with Crippen LogP contribution < -0.4 is 24.8 Å². The van der Waals surface area contributed by atoms with E-state index in [9.17, 15) is 0 Å². The largest absolute Gasteiger partial charge is 1.00 e. The van der Waals surface area contributed by atoms with E-state index in [1.165, 1.54) is 47.8 Å². The maximum Gasteiger partial charge on any atom is -1.00 e. The van der Waals surface area contributed by atoms with Gasteiger partial charge < -0.3 is 24.8 Å². The summed E-state index contributed by atoms with van der Waals surface area (Å²) in [5, 5.41) is 0. The predicted octanol–water partition coefficient (Wildman–Crippen LogP) is 3.45. The van der Waals surface area contributed by atoms with Crippen LogP contribution in [-0.2, 0) is 24.2 Å². The Morgan fingerprint density at radius 2 is 0.875 bits per heavy atom. The summed E-state index contributed by atoms with van der Waals surface area (Å²) in [5.41, 5.74) is 10.7. The summed E-state index contributed by atoms with van der Waals surface area (Å²) in [7, 11) is 0. The van der Waals surface area contributed by atoms with Crippen molar-refractivity contribution in [2.45, 2.75) is 27.7 Å². The average molecular weight is 643 g/mol. The Kier molecular flexibility index (Phi) is 14.0. The molecule has 0 aromatic heterocycles. The molecule has 0 fully saturated rings. The molecule has 4 aliphatic rings. The van der Waals surface area contributed by atoms with E-state index in [4.69, 9.17) is 0 Å². The third kappa shape index (κ3) is 9.24. The van der Waals surface area contributed by atoms with Crippen molar-refractivity contribution in [3.8, 4) is 0 Å². The van der Waals surface area contributed by atoms with Gasteiger partial charge in [0.25, 0.3) is 0 Å². The Morgan fingerprint density at radius 3 is 1.23 bits per heavy atom. The molecule has 0 nitrogen and oxygen atoms in total. The molecule has 2 unspecified atom stereocenters. The van der Waals surface area contributed by atoms with Gasteiger partial charge in [-0.15, -0.1) is 35.5 Å². The molecule has 204 valence electrons. The maximum absolute atomic E-state index is 2.34. The van der Waals surface area contributed by atoms with Gasteiger partial charge in [-0.1, -0.05) is 122 Å². The summed E-state index contributed by atoms with van der Waals surface area (Å²) in [6, 6.07) is 21.2. The monoisotopic (exact) mass is 640 g/mol. The summed E-state index contributed by atoms with van der Waals surface area (Å²) in [6.07, 6.45) is 26.6. The van der Waals surface area contributed by atoms with Crippen LogP contribution in [0.4, 0.5) is 0 Å². The van der Waals surface area contributed by atoms with Crippen molar-refractivity contribution in [2.75, 3.05) is 0 Å². The quantitative estimate of drug-likeness (QED) is 0.441. The van der Waals surface area contributed by atoms with Gasteiger partial charge in [0.1, 0.15) is 0 Å². The molecule has 2 aromatic rings. The average Bonchev–Trinajstić information content (AvgIpc) is 3.31. The second-order valence-electron chi connectivity index (χ2n) is 10.1. The number of rotatable bonds is 2. The van der Waals surface area contributed by atoms with Gasteiger partial charge >= 0.3 is 41.3 Å². The molecule has 0 heterocycles. The van der Waals surface area contributed by atoms with Crippen LogP contribution in [0.15, 0.2) is 144 Å². The summed E-state index contributed by atoms with van der Waals surface area (Å²) in [4.78, 5) is 0. The topological polar surface area (TPSA) is 0 Å². The number of allylic oxidation sites excluding steroid dienone is 16. The number of fused-ring (bicyclic) bond motifs is 2. The summed E-state index contributed by atoms with van der Waals surface area (Å²) >= 11 is 1.55. The van der Waals surface area contributed by atoms with Crippen molar-refractivity contribution in [1.29, 1.82) is 0 Å². The van der Waals surface area contributed by atoms with Crippen LogP contribution in [0.25, 0.3) is 11.1 Å². The normalized spacial score (nSPS) is 19.4. The molecule has 2 atom stereocenters. The first-order valence-electron chi connectivity index (χ1n) is 13.4. The fourth-order valence-electron chi connectivity index (χ4n) is 4.88. The Bertz CT molecular complexity index is 1290. The second kappa shape index (κ2) is 16.6. The van der Waals surface area contributed by atoms with Crippen molar-refractivity contribution in [3.63, 3.8) is 0 Å². The number of halogens is 2. The van der Waals surface area contributed by atoms with Crippen molar-refractivity contribution in [3.05, 3.63) is 168 Å². The van der Waals surface area contributed by atoms with Crippen molar-refractivity contribution >= 4 is 14.4 Å². The zero-order chi connectivity index (χ0) is 26.9. The van der Waals surface area contributed by atoms with Gasteiger partial charge in [-0.3, -0.25) is 0 Å². The van der Waals surface area contributed by atoms with Crippen LogP contribution in [0, 0.1) is 24.7 Å². The maximum atomic E-state index is 2.34. The molecule has 40 heavy (non-hydrogen) atoms. The fourth-order valence-corrected chi connectivity index (χ4v) is 4.88. The van der Waals surface area contributed by atoms with Crippen LogP contribution in [0.2, 0.25) is 0 Å². The SMILES string of the molecule is CC1C=C2C(=CC=CC=C2c2ccccc2)[CH-]1.CC1C=C2C(=CC=CC=C2c2ccccc2)[CH-]1.C[C](C)=[Zr+2].[Cl-].[Cl-]. The molecule has 0 bridgehead atoms. The number of hydrogen-bond acceptors (Lipinski definition) is 0. The van der Waals surface area contributed by atoms with Crippen LogP contribution in [0.5, 0.6) is 0 Å². The zero-order valence-corrected chi connectivity index (χ0v) is 27.6. The first-order chi connectivity index (χ1) is 18.4. The van der Waals surface area contributed by atoms with E-state index in [2.05, 4.69) is 162 Å². The first-order valence-corrected chi connectivity index (χ1v) is 14.6. The number of hydrogen-bond donors (Lipinski definition) is 0. The van der Waals surface area contributed by atoms with Crippen molar-refractivity contribution < 1.29 is 49.0 Å². The molecule has 6 rings (SSSR count). The zero-order valence-electron chi connectivity index (χ0n) is 23.6. The van der Waals surface area contributed by atoms with Gasteiger partial charge in [0.2, 0.25) is 0 Å². The Hall–Kier alpha value is -2.57. The molecular weight excluding hydrogens is 607 g/mol. The Labute approximate surface area is 268 Å². The van der Waals surface area contributed by atoms with E-state index < -0.39 is 0 Å². The minimum atomic E-state index is 0. The third-order valence-electron chi connectivity index (χ3n) is 6.42. The van der Waals surface area contributed by atoms with E-state index in [-0.39, 0.29) is 24.8 Å². The molecular formula is C37H36Cl2Zr-2. The smallest absolute Gasteiger partial charge is 1.00 e. The van der Waals surface area contributed by atoms with Crippen LogP contribution >= 0.6 is 0 Å². The second-order valence-corrected chi connectivity index (χ2v) is 12.6. The molecule has 0 spiro atoms. The fraction of sp³-hybridized carbons (Fsp3) is 0.162. The van der Waals surface area contributed by atoms with Gasteiger partial charge in [-0.05, 0) is 11.1 Å². The number of benzene rings is 2. The molecule has 0 radical (unpaired) electrons. The van der Waals surface area contributed by atoms with Gasteiger partial charge in [0.05, 0.1) is 0 Å². The van der Waals surface area contributed by atoms with E-state index >= 15 is 0 Å². The molecule has 0 saturated heterocycles. The molecule has 4 aliphatic carbocycles. The Morgan fingerprint density at radius 1 is 0.550 bits per heavy atom. The molecule has 0 N–H and O–H groups in total. The molecule has 0 saturated carbocycles. The van der Waals surface area contributed by atoms with Gasteiger partial charge in [-0.25, -0.2) is 0 Å². The standard InChI is InChI=1S/2C17H15.C3H6.2ClH.Zr/c2*1-13-11-15-9-5-6-10-16(17(15)12-13)14-7-3-2-4-8-14;1-3-2;;;/h2*2-13H,1H3;1-2H3;2*1H;/q2*-1;;;;+2/p-2. The molecule has 2 aromatic carbocycles. The summed E-state index contributed by atoms with van der Waals surface area (Å²) in [5.74, 6) is 1.07. The van der Waals surface area contributed by atoms with Crippen molar-refractivity contribution in [2.24, 2.45) is 11.8 Å². The van der Waals surface area contributed by atoms with Crippen LogP contribution in [-0.4, -0.2) is 3.21 Å². The minimum Gasteiger partial charge on any atom is -1.00 e. The van der Waals surface area contributed by atoms with E-state index in [0.29, 0.717) is 11.8 Å². The minimum absolute atomic E-state index is 0. The Balaban J connectivity index is 0.000000237. The summed E-state index contributed by atoms with van der Waals surface area (Å²) in [6.45, 7) is 8.71. The van der Waals surface area contributed by atoms with Crippen molar-refractivity contribution in [1.82, 2.24) is 0 Å². The van der Waals surface area contributed by atoms with E-state index in [1.807, 2.05) is 0 Å². The van der Waals surface area contributed by atoms with Crippen LogP contribution in [0.1, 0.15) is 38.8 Å². The third-order valence-corrected chi connectivity index (χ3v) is 6.42. The van der Waals surface area contributed by atoms with Gasteiger partial charge in [0.15, 0.2) is 0 Å². The summed E-state index contributed by atoms with van der Waals surface area (Å²) < 4.78 is 1.51. The van der Waals surface area contributed by atoms with Gasteiger partial charge in [-0.2, -0.15) is 36.1 Å². The predicted molar refractivity (Wildman–Crippen MR) is 163 cm³/mol. The van der Waals surface area contributed by atoms with Gasteiger partial charge in [0, 0.05) is 0 Å². The molecule has 0 amide bonds. The molecule has 3 heteroatoms. The molecule has 0 aliphatic heterocycles. The van der Waals surface area contributed by atoms with Crippen LogP contribution in [0.3, 0.4) is 0 Å². The first kappa shape index (κ1) is 33.6. The van der Waals surface area contributed by atoms with E-state index in [1.54, 1.807) is 24.2 Å². The van der Waals surface area contributed by atoms with E-state index in [0.717, 1.165) is 0 Å².